The van der Waals surface area contributed by atoms with Crippen molar-refractivity contribution in [1.82, 2.24) is 0 Å². The lowest BCUT2D eigenvalue weighted by atomic mass is 9.79. The van der Waals surface area contributed by atoms with Crippen molar-refractivity contribution in [3.63, 3.8) is 0 Å². The Hall–Kier alpha value is -5.30. The molecule has 14 atom stereocenters. The van der Waals surface area contributed by atoms with Crippen molar-refractivity contribution in [2.75, 3.05) is 19.8 Å². The molecule has 83 heavy (non-hydrogen) atoms. The van der Waals surface area contributed by atoms with E-state index in [1.165, 1.54) is 0 Å². The van der Waals surface area contributed by atoms with Crippen molar-refractivity contribution in [1.29, 1.82) is 0 Å². The summed E-state index contributed by atoms with van der Waals surface area (Å²) in [6.07, 6.45) is 5.93. The highest BCUT2D eigenvalue weighted by Gasteiger charge is 2.67. The Kier molecular flexibility index (Phi) is 24.5. The van der Waals surface area contributed by atoms with Gasteiger partial charge in [-0.2, -0.15) is 0 Å². The number of cyclic esters (lactones) is 3. The first-order chi connectivity index (χ1) is 37.5. The van der Waals surface area contributed by atoms with Gasteiger partial charge in [0.25, 0.3) is 0 Å². The third-order valence-electron chi connectivity index (χ3n) is 19.0. The molecule has 5 aliphatic heterocycles. The number of hydrogen-bond donors (Lipinski definition) is 0. The van der Waals surface area contributed by atoms with E-state index in [0.29, 0.717) is 63.1 Å². The van der Waals surface area contributed by atoms with E-state index in [9.17, 15) is 47.9 Å². The number of hydrogen-bond acceptors (Lipinski definition) is 20. The van der Waals surface area contributed by atoms with Gasteiger partial charge in [0.1, 0.15) is 42.7 Å². The minimum atomic E-state index is -0.696. The summed E-state index contributed by atoms with van der Waals surface area (Å²) in [5, 5.41) is 0. The zero-order chi connectivity index (χ0) is 61.0. The second-order valence-corrected chi connectivity index (χ2v) is 26.9. The van der Waals surface area contributed by atoms with Crippen LogP contribution in [0.3, 0.4) is 0 Å². The topological polar surface area (TPSA) is 263 Å². The Labute approximate surface area is 493 Å². The van der Waals surface area contributed by atoms with E-state index in [2.05, 4.69) is 6.92 Å². The van der Waals surface area contributed by atoms with Crippen LogP contribution in [-0.2, 0) is 95.3 Å². The highest BCUT2D eigenvalue weighted by atomic mass is 16.6. The number of rotatable bonds is 15. The molecule has 14 unspecified atom stereocenters. The van der Waals surface area contributed by atoms with Crippen molar-refractivity contribution in [3.8, 4) is 0 Å². The van der Waals surface area contributed by atoms with Crippen LogP contribution in [0.15, 0.2) is 0 Å². The molecule has 20 nitrogen and oxygen atoms in total. The summed E-state index contributed by atoms with van der Waals surface area (Å²) in [4.78, 5) is 116. The minimum absolute atomic E-state index is 0. The number of ether oxygens (including phenoxy) is 10. The third kappa shape index (κ3) is 16.8. The van der Waals surface area contributed by atoms with E-state index in [4.69, 9.17) is 47.4 Å². The highest BCUT2D eigenvalue weighted by Crippen LogP contribution is 2.59. The first kappa shape index (κ1) is 72.0. The molecule has 4 saturated carbocycles. The van der Waals surface area contributed by atoms with Crippen LogP contribution in [-0.4, -0.2) is 122 Å². The van der Waals surface area contributed by atoms with Gasteiger partial charge < -0.3 is 47.4 Å². The van der Waals surface area contributed by atoms with Crippen LogP contribution < -0.4 is 0 Å². The highest BCUT2D eigenvalue weighted by molar-refractivity contribution is 5.83. The summed E-state index contributed by atoms with van der Waals surface area (Å²) in [5.74, 6) is -0.758. The van der Waals surface area contributed by atoms with Crippen molar-refractivity contribution < 1.29 is 95.3 Å². The molecule has 9 fully saturated rings. The number of carbonyl (C=O) groups excluding carboxylic acids is 10. The fourth-order valence-corrected chi connectivity index (χ4v) is 10.9. The number of fused-ring (bicyclic) bond motifs is 2. The zero-order valence-corrected chi connectivity index (χ0v) is 51.3. The van der Waals surface area contributed by atoms with E-state index >= 15 is 0 Å². The molecule has 0 aromatic heterocycles. The van der Waals surface area contributed by atoms with Crippen LogP contribution in [0.5, 0.6) is 0 Å². The lowest BCUT2D eigenvalue weighted by Gasteiger charge is -2.35. The van der Waals surface area contributed by atoms with E-state index in [-0.39, 0.29) is 142 Å². The molecular weight excluding hydrogens is 1080 g/mol. The van der Waals surface area contributed by atoms with Crippen LogP contribution in [0.25, 0.3) is 0 Å². The molecule has 5 saturated heterocycles. The van der Waals surface area contributed by atoms with Crippen LogP contribution >= 0.6 is 0 Å². The first-order valence-electron chi connectivity index (χ1n) is 29.5. The molecule has 0 spiro atoms. The number of esters is 10. The van der Waals surface area contributed by atoms with E-state index in [1.807, 2.05) is 90.0 Å². The second-order valence-electron chi connectivity index (χ2n) is 26.9. The molecule has 20 heteroatoms. The zero-order valence-electron chi connectivity index (χ0n) is 51.3. The molecule has 0 radical (unpaired) electrons. The molecule has 9 rings (SSSR count). The van der Waals surface area contributed by atoms with Crippen LogP contribution in [0.1, 0.15) is 210 Å². The van der Waals surface area contributed by atoms with Crippen LogP contribution in [0, 0.1) is 68.5 Å². The van der Waals surface area contributed by atoms with E-state index in [0.717, 1.165) is 32.1 Å². The summed E-state index contributed by atoms with van der Waals surface area (Å²) in [5.41, 5.74) is -3.12. The molecule has 0 aromatic carbocycles. The van der Waals surface area contributed by atoms with Gasteiger partial charge in [-0.05, 0) is 133 Å². The fraction of sp³-hybridized carbons (Fsp3) is 0.841. The van der Waals surface area contributed by atoms with Crippen molar-refractivity contribution in [2.24, 2.45) is 68.5 Å². The van der Waals surface area contributed by atoms with Crippen LogP contribution in [0.4, 0.5) is 0 Å². The summed E-state index contributed by atoms with van der Waals surface area (Å²) < 4.78 is 52.1. The van der Waals surface area contributed by atoms with Crippen LogP contribution in [0.2, 0.25) is 0 Å². The molecular formula is C63H102O20. The maximum Gasteiger partial charge on any atom is 0.347 e. The molecule has 0 amide bonds. The van der Waals surface area contributed by atoms with Gasteiger partial charge in [0.05, 0.1) is 65.0 Å². The van der Waals surface area contributed by atoms with Gasteiger partial charge in [-0.1, -0.05) is 56.4 Å². The van der Waals surface area contributed by atoms with E-state index < -0.39 is 44.7 Å². The molecule has 9 aliphatic rings. The van der Waals surface area contributed by atoms with Crippen molar-refractivity contribution >= 4 is 59.7 Å². The standard InChI is InChI=1S/C15H22O4.C14H20O4.C12H20O4.2C10H16O4.2CH4/c1-5-15(3,4)14(17)19-11-8-6-9-10(7(8)2)13(16)18-12(9)11;1-4-14(2,3)13(16)18-10-7-5-8-9(6-7)12(15)17-11(8)10;1-5-11(2,3)10(14)16-12(4)6-7-15-9(13)8-12;1-4-10(2,3)9(12)14-7-5-8(11)13-6-7;1-4-10(2,3)9(12)14-7-5-6-13-8(7)11;;/h7-12H,5-6H2,1-4H3;7-11H,4-6H2,1-3H3;5-8H2,1-4H3;2*7H,4-6H2,1-3H3;2*1H4. The minimum Gasteiger partial charge on any atom is -0.465 e. The van der Waals surface area contributed by atoms with Gasteiger partial charge in [0.2, 0.25) is 6.10 Å². The van der Waals surface area contributed by atoms with Crippen molar-refractivity contribution in [2.45, 2.75) is 252 Å². The van der Waals surface area contributed by atoms with Gasteiger partial charge in [-0.15, -0.1) is 0 Å². The molecule has 0 N–H and O–H groups in total. The first-order valence-corrected chi connectivity index (χ1v) is 29.5. The average molecular weight is 1180 g/mol. The second kappa shape index (κ2) is 28.3. The Morgan fingerprint density at radius 3 is 1.49 bits per heavy atom. The SMILES string of the molecule is C.C.CCC(C)(C)C(=O)OC1(C)CCOC(=O)C1.CCC(C)(C)C(=O)OC1C2CC3C(=O)OC1C3C2.CCC(C)(C)C(=O)OC1C2CC3C1OC(=O)C3C2C.CCC(C)(C)C(=O)OC1CCOC1=O.CCC(C)(C)C(=O)OC1COC(=O)C1. The lowest BCUT2D eigenvalue weighted by Crippen LogP contribution is -2.43. The largest absolute Gasteiger partial charge is 0.465 e. The summed E-state index contributed by atoms with van der Waals surface area (Å²) in [7, 11) is 0. The summed E-state index contributed by atoms with van der Waals surface area (Å²) in [6, 6.07) is 0. The van der Waals surface area contributed by atoms with Gasteiger partial charge in [-0.3, -0.25) is 43.2 Å². The molecule has 5 heterocycles. The molecule has 4 aliphatic carbocycles. The Morgan fingerprint density at radius 1 is 0.530 bits per heavy atom. The normalized spacial score (nSPS) is 31.3. The van der Waals surface area contributed by atoms with Gasteiger partial charge in [0, 0.05) is 36.5 Å². The molecule has 474 valence electrons. The maximum atomic E-state index is 12.2. The number of carbonyl (C=O) groups is 10. The fourth-order valence-electron chi connectivity index (χ4n) is 10.9. The van der Waals surface area contributed by atoms with E-state index in [1.54, 1.807) is 20.8 Å². The lowest BCUT2D eigenvalue weighted by molar-refractivity contribution is -0.182. The smallest absolute Gasteiger partial charge is 0.347 e. The van der Waals surface area contributed by atoms with Gasteiger partial charge in [0.15, 0.2) is 0 Å². The average Bonchev–Trinajstić information content (AvgIpc) is 3.42. The van der Waals surface area contributed by atoms with Gasteiger partial charge in [-0.25, -0.2) is 4.79 Å². The maximum absolute atomic E-state index is 12.2. The molecule has 4 bridgehead atoms. The predicted molar refractivity (Wildman–Crippen MR) is 303 cm³/mol. The Balaban J connectivity index is 0.000000272. The monoisotopic (exact) mass is 1180 g/mol. The quantitative estimate of drug-likeness (QED) is 0.109. The third-order valence-corrected chi connectivity index (χ3v) is 19.0. The van der Waals surface area contributed by atoms with Gasteiger partial charge >= 0.3 is 59.7 Å². The van der Waals surface area contributed by atoms with Crippen molar-refractivity contribution in [3.05, 3.63) is 0 Å². The summed E-state index contributed by atoms with van der Waals surface area (Å²) in [6.45, 7) is 33.0. The summed E-state index contributed by atoms with van der Waals surface area (Å²) >= 11 is 0. The Morgan fingerprint density at radius 2 is 1.01 bits per heavy atom. The molecule has 0 aromatic rings. The Bertz CT molecular complexity index is 2350. The predicted octanol–water partition coefficient (Wildman–Crippen LogP) is 9.97.